The molecule has 21 nitrogen and oxygen atoms in total. The van der Waals surface area contributed by atoms with E-state index >= 15 is 0 Å². The second-order valence-electron chi connectivity index (χ2n) is 24.4. The maximum atomic E-state index is 14.4. The molecule has 2 amide bonds. The predicted molar refractivity (Wildman–Crippen MR) is 325 cm³/mol. The van der Waals surface area contributed by atoms with Gasteiger partial charge >= 0.3 is 0 Å². The first-order valence-electron chi connectivity index (χ1n) is 30.3. The number of hydrogen-bond acceptors (Lipinski definition) is 19. The van der Waals surface area contributed by atoms with Gasteiger partial charge in [-0.05, 0) is 93.7 Å². The highest BCUT2D eigenvalue weighted by Crippen LogP contribution is 2.42. The maximum Gasteiger partial charge on any atom is 0.243 e. The Morgan fingerprint density at radius 2 is 1.53 bits per heavy atom. The number of nitrogens with two attached hydrogens (primary N) is 1. The number of fused-ring (bicyclic) bond motifs is 2. The van der Waals surface area contributed by atoms with Crippen molar-refractivity contribution in [1.29, 1.82) is 0 Å². The van der Waals surface area contributed by atoms with Crippen LogP contribution < -0.4 is 35.4 Å². The van der Waals surface area contributed by atoms with Crippen molar-refractivity contribution in [1.82, 2.24) is 45.1 Å². The molecule has 7 aromatic rings. The van der Waals surface area contributed by atoms with Gasteiger partial charge in [0.05, 0.1) is 58.1 Å². The molecule has 5 aromatic heterocycles. The molecule has 6 fully saturated rings. The summed E-state index contributed by atoms with van der Waals surface area (Å²) in [6.07, 6.45) is 13.3. The molecular weight excluding hydrogens is 1100 g/mol. The van der Waals surface area contributed by atoms with Gasteiger partial charge in [-0.25, -0.2) is 15.0 Å². The topological polar surface area (TPSA) is 243 Å². The molecule has 0 radical (unpaired) electrons. The fourth-order valence-electron chi connectivity index (χ4n) is 13.8. The SMILES string of the molecule is Cc1ncsc1-c1ccc([C@H](C)NC(=O)[C@@H]2C[C@@H](O)CN2C(=O)[C@@H](c2cc(N3CCC(n4cnc(N5CCC(O[C@H]6C[C@H](Oc7cc(N8C9CCC8CN(c8cc(-c%10ccccc%10O)nnc8N)C9)ccn7)C6)CC5)c4)CC3)no2)C(C)C)cc1. The van der Waals surface area contributed by atoms with E-state index in [1.54, 1.807) is 23.5 Å². The number of para-hydroxylation sites is 1. The number of nitrogens with one attached hydrogen (secondary N) is 1. The van der Waals surface area contributed by atoms with Crippen LogP contribution in [-0.2, 0) is 14.3 Å². The summed E-state index contributed by atoms with van der Waals surface area (Å²) in [5.74, 6) is 1.98. The van der Waals surface area contributed by atoms with Crippen molar-refractivity contribution in [2.24, 2.45) is 5.92 Å². The van der Waals surface area contributed by atoms with Gasteiger partial charge in [0.25, 0.3) is 0 Å². The van der Waals surface area contributed by atoms with Gasteiger partial charge in [-0.2, -0.15) is 0 Å². The molecule has 5 saturated heterocycles. The maximum absolute atomic E-state index is 14.4. The monoisotopic (exact) mass is 1170 g/mol. The number of benzene rings is 2. The lowest BCUT2D eigenvalue weighted by Crippen LogP contribution is -2.54. The lowest BCUT2D eigenvalue weighted by atomic mass is 9.91. The Morgan fingerprint density at radius 1 is 0.788 bits per heavy atom. The van der Waals surface area contributed by atoms with Crippen molar-refractivity contribution in [2.45, 2.75) is 146 Å². The Hall–Kier alpha value is -7.82. The number of ether oxygens (including phenoxy) is 2. The number of likely N-dealkylation sites (tertiary alicyclic amines) is 1. The number of anilines is 5. The van der Waals surface area contributed by atoms with E-state index in [0.717, 1.165) is 130 Å². The number of β-amino-alcohol motifs (C(OH)–C–C–N with tert-alkyl or cyclic N) is 1. The van der Waals surface area contributed by atoms with E-state index in [4.69, 9.17) is 24.7 Å². The van der Waals surface area contributed by atoms with Crippen LogP contribution in [0.25, 0.3) is 21.7 Å². The van der Waals surface area contributed by atoms with E-state index in [-0.39, 0.29) is 66.8 Å². The number of hydrogen-bond donors (Lipinski definition) is 4. The summed E-state index contributed by atoms with van der Waals surface area (Å²) in [6, 6.07) is 23.0. The molecule has 85 heavy (non-hydrogen) atoms. The number of carbonyl (C=O) groups excluding carboxylic acids is 2. The zero-order valence-electron chi connectivity index (χ0n) is 48.7. The van der Waals surface area contributed by atoms with Crippen LogP contribution in [0.15, 0.2) is 102 Å². The second kappa shape index (κ2) is 23.9. The minimum absolute atomic E-state index is 0.0664. The largest absolute Gasteiger partial charge is 0.507 e. The van der Waals surface area contributed by atoms with E-state index in [0.29, 0.717) is 46.6 Å². The smallest absolute Gasteiger partial charge is 0.243 e. The lowest BCUT2D eigenvalue weighted by molar-refractivity contribution is -0.141. The summed E-state index contributed by atoms with van der Waals surface area (Å²) >= 11 is 1.60. The molecule has 0 spiro atoms. The Morgan fingerprint density at radius 3 is 2.26 bits per heavy atom. The van der Waals surface area contributed by atoms with E-state index < -0.39 is 18.1 Å². The summed E-state index contributed by atoms with van der Waals surface area (Å²) < 4.78 is 21.3. The number of aliphatic hydroxyl groups is 1. The average Bonchev–Trinajstić information content (AvgIpc) is 4.36. The third kappa shape index (κ3) is 11.7. The fraction of sp³-hybridized carbons (Fsp3) is 0.492. The number of carbonyl (C=O) groups is 2. The Bertz CT molecular complexity index is 3470. The van der Waals surface area contributed by atoms with Gasteiger partial charge in [-0.3, -0.25) is 9.59 Å². The van der Waals surface area contributed by atoms with Gasteiger partial charge in [-0.1, -0.05) is 55.4 Å². The van der Waals surface area contributed by atoms with Crippen molar-refractivity contribution in [2.75, 3.05) is 71.1 Å². The fourth-order valence-corrected chi connectivity index (χ4v) is 14.6. The number of thiazole rings is 1. The van der Waals surface area contributed by atoms with Crippen LogP contribution in [0.5, 0.6) is 11.6 Å². The quantitative estimate of drug-likeness (QED) is 0.0670. The number of aromatic hydroxyl groups is 1. The van der Waals surface area contributed by atoms with Gasteiger partial charge < -0.3 is 64.3 Å². The number of aliphatic hydroxyl groups excluding tert-OH is 1. The number of piperidine rings is 2. The normalized spacial score (nSPS) is 23.6. The highest BCUT2D eigenvalue weighted by molar-refractivity contribution is 7.13. The Labute approximate surface area is 499 Å². The highest BCUT2D eigenvalue weighted by Gasteiger charge is 2.45. The number of piperazine rings is 1. The number of aromatic nitrogens is 7. The Balaban J connectivity index is 0.544. The number of rotatable bonds is 17. The van der Waals surface area contributed by atoms with E-state index in [2.05, 4.69) is 73.1 Å². The number of aryl methyl sites for hydroxylation is 1. The lowest BCUT2D eigenvalue weighted by Gasteiger charge is -2.43. The summed E-state index contributed by atoms with van der Waals surface area (Å²) in [5, 5.41) is 37.5. The van der Waals surface area contributed by atoms with Crippen LogP contribution in [-0.4, -0.2) is 150 Å². The molecule has 1 aliphatic carbocycles. The molecule has 5 aliphatic heterocycles. The van der Waals surface area contributed by atoms with E-state index in [1.165, 1.54) is 4.90 Å². The highest BCUT2D eigenvalue weighted by atomic mass is 32.1. The number of pyridine rings is 1. The number of amides is 2. The number of phenolic OH excluding ortho intramolecular Hbond substituents is 1. The van der Waals surface area contributed by atoms with E-state index in [1.807, 2.05) is 94.3 Å². The van der Waals surface area contributed by atoms with Crippen LogP contribution in [0.2, 0.25) is 0 Å². The van der Waals surface area contributed by atoms with Crippen LogP contribution in [0, 0.1) is 12.8 Å². The van der Waals surface area contributed by atoms with Crippen LogP contribution in [0.4, 0.5) is 28.8 Å². The van der Waals surface area contributed by atoms with Crippen molar-refractivity contribution in [3.05, 3.63) is 114 Å². The summed E-state index contributed by atoms with van der Waals surface area (Å²) in [4.78, 5) is 54.2. The minimum atomic E-state index is -0.815. The van der Waals surface area contributed by atoms with Crippen molar-refractivity contribution in [3.63, 3.8) is 0 Å². The summed E-state index contributed by atoms with van der Waals surface area (Å²) in [5.41, 5.74) is 14.4. The zero-order valence-corrected chi connectivity index (χ0v) is 49.5. The van der Waals surface area contributed by atoms with Crippen molar-refractivity contribution < 1.29 is 33.8 Å². The molecule has 13 rings (SSSR count). The molecule has 10 heterocycles. The molecule has 446 valence electrons. The van der Waals surface area contributed by atoms with Crippen molar-refractivity contribution >= 4 is 52.0 Å². The average molecular weight is 1170 g/mol. The first-order chi connectivity index (χ1) is 41.3. The summed E-state index contributed by atoms with van der Waals surface area (Å²) in [6.45, 7) is 12.8. The predicted octanol–water partition coefficient (Wildman–Crippen LogP) is 8.32. The van der Waals surface area contributed by atoms with Gasteiger partial charge in [-0.15, -0.1) is 21.5 Å². The molecule has 5 N–H and O–H groups in total. The van der Waals surface area contributed by atoms with Gasteiger partial charge in [0, 0.05) is 119 Å². The third-order valence-corrected chi connectivity index (χ3v) is 19.5. The Kier molecular flexibility index (Phi) is 15.8. The molecule has 2 bridgehead atoms. The first kappa shape index (κ1) is 56.3. The van der Waals surface area contributed by atoms with Crippen molar-refractivity contribution in [3.8, 4) is 33.3 Å². The van der Waals surface area contributed by atoms with Crippen LogP contribution in [0.3, 0.4) is 0 Å². The second-order valence-corrected chi connectivity index (χ2v) is 25.3. The molecule has 2 unspecified atom stereocenters. The number of phenols is 1. The molecule has 2 aromatic carbocycles. The minimum Gasteiger partial charge on any atom is -0.507 e. The van der Waals surface area contributed by atoms with E-state index in [9.17, 15) is 19.8 Å². The molecule has 6 atom stereocenters. The first-order valence-corrected chi connectivity index (χ1v) is 31.2. The molecule has 22 heteroatoms. The van der Waals surface area contributed by atoms with Crippen LogP contribution in [0.1, 0.15) is 114 Å². The van der Waals surface area contributed by atoms with Gasteiger partial charge in [0.2, 0.25) is 17.7 Å². The number of imidazole rings is 1. The molecule has 1 saturated carbocycles. The third-order valence-electron chi connectivity index (χ3n) is 18.5. The number of nitrogens with zero attached hydrogens (tertiary/aromatic N) is 12. The zero-order chi connectivity index (χ0) is 58.5. The van der Waals surface area contributed by atoms with Gasteiger partial charge in [0.1, 0.15) is 29.6 Å². The van der Waals surface area contributed by atoms with Gasteiger partial charge in [0.15, 0.2) is 17.4 Å². The standard InChI is InChI=1S/C63H76N14O7S/c1-37(2)59(63(81)76-33-46(78)26-53(76)62(80)68-38(3)40-9-11-41(12-10-40)60-39(4)67-36-85-60)55-30-56(71-84-55)72-21-16-42(17-22-72)75-34-57(66-35-75)73-23-18-47(19-24-73)82-48-27-49(28-48)83-58-25-43(15-20-65-58)77-44-13-14-45(77)32-74(31-44)52-29-51(69-70-61(52)64)50-7-5-6-8-54(50)79/h5-12,15,20,25,29-30,34-38,42,44-49,53,59,78-79H,13-14,16-19,21-24,26-28,31-33H2,1-4H3,(H2,64,70)(H,68,80)/t38-,44?,45?,46+,48-,49-,53-,59+/m0/s1. The van der Waals surface area contributed by atoms with Crippen LogP contribution >= 0.6 is 11.3 Å². The summed E-state index contributed by atoms with van der Waals surface area (Å²) in [7, 11) is 0. The molecular formula is C63H76N14O7S. The molecule has 6 aliphatic rings. The number of nitrogen functional groups attached to an aromatic ring is 1.